The average Bonchev–Trinajstić information content (AvgIpc) is 2.48. The number of para-hydroxylation sites is 1. The van der Waals surface area contributed by atoms with Gasteiger partial charge in [0.2, 0.25) is 11.9 Å². The number of rotatable bonds is 6. The van der Waals surface area contributed by atoms with Crippen molar-refractivity contribution in [3.63, 3.8) is 0 Å². The Morgan fingerprint density at radius 2 is 1.86 bits per heavy atom. The molecule has 6 nitrogen and oxygen atoms in total. The number of benzene rings is 1. The molecule has 1 heterocycles. The first-order valence-corrected chi connectivity index (χ1v) is 7.05. The lowest BCUT2D eigenvalue weighted by molar-refractivity contribution is 0.341. The number of nitrogens with one attached hydrogen (secondary N) is 1. The molecule has 6 heteroatoms. The fraction of sp³-hybridized carbons (Fsp3) is 0.400. The number of aromatic nitrogens is 3. The van der Waals surface area contributed by atoms with Gasteiger partial charge < -0.3 is 15.0 Å². The molecule has 0 amide bonds. The standard InChI is InChI=1S/C15H21N5O/c1-5-16-14-17-13(18-15(19-14)20(3)4)11-9-7-8-10-12(11)21-6-2/h7-10H,5-6H2,1-4H3,(H,16,17,18,19). The third-order valence-electron chi connectivity index (χ3n) is 2.79. The highest BCUT2D eigenvalue weighted by Crippen LogP contribution is 2.28. The number of hydrogen-bond donors (Lipinski definition) is 1. The maximum absolute atomic E-state index is 5.66. The van der Waals surface area contributed by atoms with Crippen molar-refractivity contribution in [1.82, 2.24) is 15.0 Å². The first kappa shape index (κ1) is 15.0. The van der Waals surface area contributed by atoms with Gasteiger partial charge in [-0.1, -0.05) is 12.1 Å². The molecule has 2 aromatic rings. The molecule has 21 heavy (non-hydrogen) atoms. The molecular weight excluding hydrogens is 266 g/mol. The van der Waals surface area contributed by atoms with Crippen LogP contribution in [0.1, 0.15) is 13.8 Å². The fourth-order valence-electron chi connectivity index (χ4n) is 1.86. The van der Waals surface area contributed by atoms with Crippen LogP contribution >= 0.6 is 0 Å². The Kier molecular flexibility index (Phi) is 4.92. The molecule has 1 aromatic heterocycles. The van der Waals surface area contributed by atoms with Crippen LogP contribution in [0.4, 0.5) is 11.9 Å². The molecule has 0 spiro atoms. The minimum absolute atomic E-state index is 0.567. The van der Waals surface area contributed by atoms with Crippen LogP contribution in [0, 0.1) is 0 Å². The van der Waals surface area contributed by atoms with Gasteiger partial charge in [0.05, 0.1) is 12.2 Å². The van der Waals surface area contributed by atoms with E-state index in [1.807, 2.05) is 57.1 Å². The Hall–Kier alpha value is -2.37. The molecule has 0 fully saturated rings. The van der Waals surface area contributed by atoms with Crippen molar-refractivity contribution in [2.24, 2.45) is 0 Å². The molecule has 0 radical (unpaired) electrons. The summed E-state index contributed by atoms with van der Waals surface area (Å²) in [5.41, 5.74) is 0.865. The van der Waals surface area contributed by atoms with E-state index in [1.54, 1.807) is 0 Å². The number of anilines is 2. The molecule has 0 unspecified atom stereocenters. The summed E-state index contributed by atoms with van der Waals surface area (Å²) in [5.74, 6) is 2.56. The van der Waals surface area contributed by atoms with Gasteiger partial charge in [0, 0.05) is 20.6 Å². The Morgan fingerprint density at radius 3 is 2.52 bits per heavy atom. The van der Waals surface area contributed by atoms with E-state index in [-0.39, 0.29) is 0 Å². The van der Waals surface area contributed by atoms with Crippen molar-refractivity contribution in [3.05, 3.63) is 24.3 Å². The first-order valence-electron chi connectivity index (χ1n) is 7.05. The highest BCUT2D eigenvalue weighted by molar-refractivity contribution is 5.65. The van der Waals surface area contributed by atoms with Gasteiger partial charge in [-0.2, -0.15) is 15.0 Å². The highest BCUT2D eigenvalue weighted by Gasteiger charge is 2.13. The van der Waals surface area contributed by atoms with Crippen LogP contribution in [0.25, 0.3) is 11.4 Å². The second-order valence-corrected chi connectivity index (χ2v) is 4.64. The molecular formula is C15H21N5O. The van der Waals surface area contributed by atoms with Gasteiger partial charge >= 0.3 is 0 Å². The Balaban J connectivity index is 2.52. The van der Waals surface area contributed by atoms with Gasteiger partial charge in [0.15, 0.2) is 5.82 Å². The quantitative estimate of drug-likeness (QED) is 0.880. The predicted molar refractivity (Wildman–Crippen MR) is 84.9 cm³/mol. The molecule has 0 aliphatic heterocycles. The van der Waals surface area contributed by atoms with E-state index >= 15 is 0 Å². The van der Waals surface area contributed by atoms with Crippen molar-refractivity contribution in [1.29, 1.82) is 0 Å². The van der Waals surface area contributed by atoms with E-state index in [1.165, 1.54) is 0 Å². The minimum Gasteiger partial charge on any atom is -0.493 e. The van der Waals surface area contributed by atoms with Crippen LogP contribution < -0.4 is 15.0 Å². The van der Waals surface area contributed by atoms with E-state index in [4.69, 9.17) is 4.74 Å². The summed E-state index contributed by atoms with van der Waals surface area (Å²) in [7, 11) is 3.81. The summed E-state index contributed by atoms with van der Waals surface area (Å²) in [4.78, 5) is 15.2. The largest absolute Gasteiger partial charge is 0.493 e. The van der Waals surface area contributed by atoms with E-state index in [0.717, 1.165) is 17.9 Å². The molecule has 0 saturated heterocycles. The average molecular weight is 287 g/mol. The number of nitrogens with zero attached hydrogens (tertiary/aromatic N) is 4. The SMILES string of the molecule is CCNc1nc(-c2ccccc2OCC)nc(N(C)C)n1. The zero-order valence-electron chi connectivity index (χ0n) is 12.9. The fourth-order valence-corrected chi connectivity index (χ4v) is 1.86. The van der Waals surface area contributed by atoms with E-state index in [9.17, 15) is 0 Å². The molecule has 0 aliphatic carbocycles. The Labute approximate surface area is 125 Å². The molecule has 0 atom stereocenters. The van der Waals surface area contributed by atoms with Gasteiger partial charge in [-0.15, -0.1) is 0 Å². The topological polar surface area (TPSA) is 63.2 Å². The third kappa shape index (κ3) is 3.59. The lowest BCUT2D eigenvalue weighted by Crippen LogP contribution is -2.16. The zero-order chi connectivity index (χ0) is 15.2. The summed E-state index contributed by atoms with van der Waals surface area (Å²) in [6.45, 7) is 5.32. The van der Waals surface area contributed by atoms with Gasteiger partial charge in [0.25, 0.3) is 0 Å². The molecule has 0 saturated carbocycles. The van der Waals surface area contributed by atoms with E-state index in [2.05, 4.69) is 20.3 Å². The predicted octanol–water partition coefficient (Wildman–Crippen LogP) is 2.44. The normalized spacial score (nSPS) is 10.3. The zero-order valence-corrected chi connectivity index (χ0v) is 12.9. The maximum Gasteiger partial charge on any atom is 0.230 e. The Morgan fingerprint density at radius 1 is 1.10 bits per heavy atom. The van der Waals surface area contributed by atoms with Crippen LogP contribution in [-0.4, -0.2) is 42.2 Å². The molecule has 112 valence electrons. The molecule has 0 bridgehead atoms. The van der Waals surface area contributed by atoms with Crippen molar-refractivity contribution in [2.75, 3.05) is 37.5 Å². The molecule has 2 rings (SSSR count). The summed E-state index contributed by atoms with van der Waals surface area (Å²) < 4.78 is 5.66. The van der Waals surface area contributed by atoms with Crippen molar-refractivity contribution in [2.45, 2.75) is 13.8 Å². The van der Waals surface area contributed by atoms with Gasteiger partial charge in [-0.3, -0.25) is 0 Å². The van der Waals surface area contributed by atoms with E-state index in [0.29, 0.717) is 24.3 Å². The van der Waals surface area contributed by atoms with Crippen molar-refractivity contribution < 1.29 is 4.74 Å². The summed E-state index contributed by atoms with van der Waals surface area (Å²) in [5, 5.41) is 3.13. The van der Waals surface area contributed by atoms with Crippen LogP contribution in [0.15, 0.2) is 24.3 Å². The van der Waals surface area contributed by atoms with Crippen LogP contribution in [0.5, 0.6) is 5.75 Å². The molecule has 1 aromatic carbocycles. The lowest BCUT2D eigenvalue weighted by atomic mass is 10.2. The number of hydrogen-bond acceptors (Lipinski definition) is 6. The van der Waals surface area contributed by atoms with Crippen molar-refractivity contribution in [3.8, 4) is 17.1 Å². The first-order chi connectivity index (χ1) is 10.2. The van der Waals surface area contributed by atoms with E-state index < -0.39 is 0 Å². The van der Waals surface area contributed by atoms with Crippen LogP contribution in [-0.2, 0) is 0 Å². The third-order valence-corrected chi connectivity index (χ3v) is 2.79. The second-order valence-electron chi connectivity index (χ2n) is 4.64. The number of ether oxygens (including phenoxy) is 1. The Bertz CT molecular complexity index is 600. The van der Waals surface area contributed by atoms with Gasteiger partial charge in [-0.05, 0) is 26.0 Å². The minimum atomic E-state index is 0.567. The van der Waals surface area contributed by atoms with Crippen LogP contribution in [0.3, 0.4) is 0 Å². The summed E-state index contributed by atoms with van der Waals surface area (Å²) in [6, 6.07) is 7.76. The summed E-state index contributed by atoms with van der Waals surface area (Å²) in [6.07, 6.45) is 0. The van der Waals surface area contributed by atoms with Crippen LogP contribution in [0.2, 0.25) is 0 Å². The maximum atomic E-state index is 5.66. The van der Waals surface area contributed by atoms with Gasteiger partial charge in [-0.25, -0.2) is 0 Å². The second kappa shape index (κ2) is 6.88. The monoisotopic (exact) mass is 287 g/mol. The smallest absolute Gasteiger partial charge is 0.230 e. The molecule has 1 N–H and O–H groups in total. The highest BCUT2D eigenvalue weighted by atomic mass is 16.5. The lowest BCUT2D eigenvalue weighted by Gasteiger charge is -2.14. The molecule has 0 aliphatic rings. The van der Waals surface area contributed by atoms with Crippen molar-refractivity contribution >= 4 is 11.9 Å². The van der Waals surface area contributed by atoms with Gasteiger partial charge in [0.1, 0.15) is 5.75 Å². The summed E-state index contributed by atoms with van der Waals surface area (Å²) >= 11 is 0.